The first-order chi connectivity index (χ1) is 10.9. The standard InChI is InChI=1S/C19H29NO4/c1-13-8-10-15(11-9-13)12-19(6,7)23-16(21)14(2)20-17(22)24-18(3,4)5/h8-11,14H,12H2,1-7H3,(H,20,22). The molecule has 134 valence electrons. The summed E-state index contributed by atoms with van der Waals surface area (Å²) in [5.74, 6) is -0.488. The van der Waals surface area contributed by atoms with E-state index in [0.29, 0.717) is 6.42 Å². The second-order valence-corrected chi connectivity index (χ2v) is 7.71. The van der Waals surface area contributed by atoms with Gasteiger partial charge in [0.25, 0.3) is 0 Å². The number of hydrogen-bond donors (Lipinski definition) is 1. The second-order valence-electron chi connectivity index (χ2n) is 7.71. The molecule has 1 unspecified atom stereocenters. The van der Waals surface area contributed by atoms with Gasteiger partial charge < -0.3 is 14.8 Å². The average molecular weight is 335 g/mol. The maximum atomic E-state index is 12.2. The number of carbonyl (C=O) groups excluding carboxylic acids is 2. The molecule has 0 spiro atoms. The van der Waals surface area contributed by atoms with Crippen LogP contribution in [0.25, 0.3) is 0 Å². The number of hydrogen-bond acceptors (Lipinski definition) is 4. The number of amides is 1. The minimum Gasteiger partial charge on any atom is -0.458 e. The molecule has 0 aromatic heterocycles. The topological polar surface area (TPSA) is 64.6 Å². The van der Waals surface area contributed by atoms with Gasteiger partial charge in [-0.3, -0.25) is 0 Å². The number of ether oxygens (including phenoxy) is 2. The fourth-order valence-electron chi connectivity index (χ4n) is 2.14. The number of esters is 1. The molecule has 1 N–H and O–H groups in total. The van der Waals surface area contributed by atoms with E-state index in [1.807, 2.05) is 45.0 Å². The van der Waals surface area contributed by atoms with E-state index < -0.39 is 29.3 Å². The minimum atomic E-state index is -0.780. The number of carbonyl (C=O) groups is 2. The van der Waals surface area contributed by atoms with E-state index in [2.05, 4.69) is 5.32 Å². The van der Waals surface area contributed by atoms with Crippen molar-refractivity contribution in [3.63, 3.8) is 0 Å². The van der Waals surface area contributed by atoms with Crippen LogP contribution in [0.3, 0.4) is 0 Å². The van der Waals surface area contributed by atoms with Gasteiger partial charge in [-0.05, 0) is 54.0 Å². The molecule has 1 atom stereocenters. The third-order valence-electron chi connectivity index (χ3n) is 3.21. The lowest BCUT2D eigenvalue weighted by Gasteiger charge is -2.28. The molecular formula is C19H29NO4. The van der Waals surface area contributed by atoms with Crippen molar-refractivity contribution in [2.24, 2.45) is 0 Å². The smallest absolute Gasteiger partial charge is 0.408 e. The summed E-state index contributed by atoms with van der Waals surface area (Å²) < 4.78 is 10.7. The predicted molar refractivity (Wildman–Crippen MR) is 93.9 cm³/mol. The highest BCUT2D eigenvalue weighted by Crippen LogP contribution is 2.18. The lowest BCUT2D eigenvalue weighted by molar-refractivity contribution is -0.158. The molecule has 0 saturated carbocycles. The summed E-state index contributed by atoms with van der Waals surface area (Å²) in [4.78, 5) is 23.9. The first kappa shape index (κ1) is 20.0. The summed E-state index contributed by atoms with van der Waals surface area (Å²) in [6.07, 6.45) is -0.0404. The van der Waals surface area contributed by atoms with Gasteiger partial charge in [-0.15, -0.1) is 0 Å². The summed E-state index contributed by atoms with van der Waals surface area (Å²) >= 11 is 0. The van der Waals surface area contributed by atoms with E-state index in [1.165, 1.54) is 5.56 Å². The van der Waals surface area contributed by atoms with E-state index in [4.69, 9.17) is 9.47 Å². The van der Waals surface area contributed by atoms with Crippen LogP contribution in [0.2, 0.25) is 0 Å². The van der Waals surface area contributed by atoms with Crippen LogP contribution < -0.4 is 5.32 Å². The van der Waals surface area contributed by atoms with Crippen molar-refractivity contribution in [2.75, 3.05) is 0 Å². The Morgan fingerprint density at radius 1 is 1.04 bits per heavy atom. The highest BCUT2D eigenvalue weighted by molar-refractivity contribution is 5.81. The van der Waals surface area contributed by atoms with Crippen molar-refractivity contribution in [3.05, 3.63) is 35.4 Å². The quantitative estimate of drug-likeness (QED) is 0.832. The Hall–Kier alpha value is -2.04. The van der Waals surface area contributed by atoms with Crippen LogP contribution in [0.4, 0.5) is 4.79 Å². The molecule has 0 aliphatic rings. The van der Waals surface area contributed by atoms with E-state index in [1.54, 1.807) is 27.7 Å². The van der Waals surface area contributed by atoms with E-state index in [0.717, 1.165) is 5.56 Å². The number of benzene rings is 1. The molecule has 5 nitrogen and oxygen atoms in total. The SMILES string of the molecule is Cc1ccc(CC(C)(C)OC(=O)C(C)NC(=O)OC(C)(C)C)cc1. The highest BCUT2D eigenvalue weighted by Gasteiger charge is 2.28. The van der Waals surface area contributed by atoms with E-state index >= 15 is 0 Å². The molecule has 0 fully saturated rings. The normalized spacial score (nSPS) is 13.1. The minimum absolute atomic E-state index is 0.488. The number of aryl methyl sites for hydroxylation is 1. The zero-order valence-corrected chi connectivity index (χ0v) is 15.7. The predicted octanol–water partition coefficient (Wildman–Crippen LogP) is 3.77. The Morgan fingerprint density at radius 2 is 1.58 bits per heavy atom. The van der Waals surface area contributed by atoms with E-state index in [9.17, 15) is 9.59 Å². The molecule has 5 heteroatoms. The summed E-state index contributed by atoms with van der Waals surface area (Å²) in [5.41, 5.74) is 0.990. The van der Waals surface area contributed by atoms with Crippen LogP contribution in [-0.4, -0.2) is 29.3 Å². The van der Waals surface area contributed by atoms with Crippen LogP contribution >= 0.6 is 0 Å². The molecule has 24 heavy (non-hydrogen) atoms. The van der Waals surface area contributed by atoms with Gasteiger partial charge in [0.15, 0.2) is 0 Å². The maximum Gasteiger partial charge on any atom is 0.408 e. The highest BCUT2D eigenvalue weighted by atomic mass is 16.6. The average Bonchev–Trinajstić information content (AvgIpc) is 2.38. The fourth-order valence-corrected chi connectivity index (χ4v) is 2.14. The monoisotopic (exact) mass is 335 g/mol. The molecule has 1 aromatic rings. The summed E-state index contributed by atoms with van der Waals surface area (Å²) in [6, 6.07) is 7.32. The maximum absolute atomic E-state index is 12.2. The number of rotatable bonds is 5. The molecule has 1 rings (SSSR count). The van der Waals surface area contributed by atoms with Crippen molar-refractivity contribution in [3.8, 4) is 0 Å². The Bertz CT molecular complexity index is 570. The van der Waals surface area contributed by atoms with Gasteiger partial charge in [-0.2, -0.15) is 0 Å². The van der Waals surface area contributed by atoms with Crippen molar-refractivity contribution in [2.45, 2.75) is 72.1 Å². The van der Waals surface area contributed by atoms with E-state index in [-0.39, 0.29) is 0 Å². The van der Waals surface area contributed by atoms with Gasteiger partial charge in [-0.25, -0.2) is 9.59 Å². The Balaban J connectivity index is 2.57. The van der Waals surface area contributed by atoms with Gasteiger partial charge in [0.05, 0.1) is 0 Å². The van der Waals surface area contributed by atoms with Crippen molar-refractivity contribution in [1.82, 2.24) is 5.32 Å². The molecule has 1 aromatic carbocycles. The summed E-state index contributed by atoms with van der Waals surface area (Å²) in [6.45, 7) is 12.6. The Kier molecular flexibility index (Phi) is 6.41. The first-order valence-electron chi connectivity index (χ1n) is 8.16. The third-order valence-corrected chi connectivity index (χ3v) is 3.21. The molecule has 0 saturated heterocycles. The van der Waals surface area contributed by atoms with Crippen LogP contribution in [0.1, 0.15) is 52.7 Å². The van der Waals surface area contributed by atoms with Gasteiger partial charge in [0.2, 0.25) is 0 Å². The summed E-state index contributed by atoms with van der Waals surface area (Å²) in [5, 5.41) is 2.49. The fraction of sp³-hybridized carbons (Fsp3) is 0.579. The molecule has 0 radical (unpaired) electrons. The number of alkyl carbamates (subject to hydrolysis) is 1. The van der Waals surface area contributed by atoms with Crippen LogP contribution in [0.15, 0.2) is 24.3 Å². The molecule has 0 aliphatic heterocycles. The number of nitrogens with one attached hydrogen (secondary N) is 1. The molecule has 0 heterocycles. The zero-order chi connectivity index (χ0) is 18.5. The van der Waals surface area contributed by atoms with Gasteiger partial charge >= 0.3 is 12.1 Å². The third kappa shape index (κ3) is 7.49. The van der Waals surface area contributed by atoms with Crippen molar-refractivity contribution < 1.29 is 19.1 Å². The molecule has 0 aliphatic carbocycles. The summed E-state index contributed by atoms with van der Waals surface area (Å²) in [7, 11) is 0. The van der Waals surface area contributed by atoms with Crippen molar-refractivity contribution in [1.29, 1.82) is 0 Å². The zero-order valence-electron chi connectivity index (χ0n) is 15.7. The lowest BCUT2D eigenvalue weighted by Crippen LogP contribution is -2.45. The Morgan fingerprint density at radius 3 is 2.08 bits per heavy atom. The second kappa shape index (κ2) is 7.69. The largest absolute Gasteiger partial charge is 0.458 e. The molecular weight excluding hydrogens is 306 g/mol. The van der Waals surface area contributed by atoms with Gasteiger partial charge in [-0.1, -0.05) is 29.8 Å². The van der Waals surface area contributed by atoms with Crippen LogP contribution in [0.5, 0.6) is 0 Å². The van der Waals surface area contributed by atoms with Gasteiger partial charge in [0.1, 0.15) is 17.2 Å². The first-order valence-corrected chi connectivity index (χ1v) is 8.16. The van der Waals surface area contributed by atoms with Crippen LogP contribution in [0, 0.1) is 6.92 Å². The Labute approximate surface area is 144 Å². The molecule has 1 amide bonds. The molecule has 0 bridgehead atoms. The van der Waals surface area contributed by atoms with Gasteiger partial charge in [0, 0.05) is 6.42 Å². The lowest BCUT2D eigenvalue weighted by atomic mass is 9.97. The van der Waals surface area contributed by atoms with Crippen LogP contribution in [-0.2, 0) is 20.7 Å². The van der Waals surface area contributed by atoms with Crippen molar-refractivity contribution >= 4 is 12.1 Å².